The van der Waals surface area contributed by atoms with Crippen molar-refractivity contribution in [1.82, 2.24) is 15.4 Å². The van der Waals surface area contributed by atoms with Crippen LogP contribution in [0, 0.1) is 17.8 Å². The molecule has 3 aromatic carbocycles. The first-order valence-electron chi connectivity index (χ1n) is 45.6. The molecule has 1 saturated carbocycles. The molecule has 3 aromatic rings. The summed E-state index contributed by atoms with van der Waals surface area (Å²) in [5.41, 5.74) is 15.8. The van der Waals surface area contributed by atoms with Crippen LogP contribution in [0.5, 0.6) is 5.75 Å². The van der Waals surface area contributed by atoms with Crippen molar-refractivity contribution in [1.29, 1.82) is 0 Å². The number of esters is 1. The van der Waals surface area contributed by atoms with Gasteiger partial charge >= 0.3 is 128 Å². The van der Waals surface area contributed by atoms with Gasteiger partial charge in [0.2, 0.25) is 0 Å². The van der Waals surface area contributed by atoms with Crippen molar-refractivity contribution >= 4 is 131 Å². The van der Waals surface area contributed by atoms with Gasteiger partial charge in [0.15, 0.2) is 6.10 Å². The van der Waals surface area contributed by atoms with E-state index in [9.17, 15) is 63.5 Å². The van der Waals surface area contributed by atoms with Gasteiger partial charge < -0.3 is 121 Å². The maximum atomic E-state index is 13.0. The number of nitrogens with two attached hydrogens (primary N) is 4. The summed E-state index contributed by atoms with van der Waals surface area (Å²) in [6.07, 6.45) is 2.69. The number of nitrogens with zero attached hydrogens (tertiary/aromatic N) is 1. The number of aliphatic hydroxyl groups excluding tert-OH is 2. The first-order chi connectivity index (χ1) is 65.5. The van der Waals surface area contributed by atoms with Crippen LogP contribution in [0.25, 0.3) is 0 Å². The van der Waals surface area contributed by atoms with Crippen molar-refractivity contribution in [2.45, 2.75) is 307 Å². The maximum absolute atomic E-state index is 13.0. The quantitative estimate of drug-likeness (QED) is 0.00633. The number of hydrogen-bond acceptors (Lipinski definition) is 34. The van der Waals surface area contributed by atoms with Gasteiger partial charge in [-0.15, -0.1) is 21.5 Å². The topological polar surface area (TPSA) is 651 Å². The van der Waals surface area contributed by atoms with Crippen LogP contribution < -0.4 is 90.6 Å². The average molecular weight is 2380 g/mol. The number of unbranched alkanes of at least 4 members (excludes halogenated alkanes) is 1. The Morgan fingerprint density at radius 2 is 0.792 bits per heavy atom. The predicted octanol–water partition coefficient (Wildman–Crippen LogP) is 14.4. The summed E-state index contributed by atoms with van der Waals surface area (Å²) in [7, 11) is -14.2. The summed E-state index contributed by atoms with van der Waals surface area (Å²) < 4.78 is 201. The van der Waals surface area contributed by atoms with Crippen molar-refractivity contribution in [2.24, 2.45) is 37.6 Å². The zero-order valence-electron chi connectivity index (χ0n) is 98.8. The van der Waals surface area contributed by atoms with Crippen molar-refractivity contribution in [2.75, 3.05) is 135 Å². The third-order valence-electron chi connectivity index (χ3n) is 15.9. The van der Waals surface area contributed by atoms with E-state index >= 15 is 0 Å². The Morgan fingerprint density at radius 3 is 0.980 bits per heavy atom. The minimum atomic E-state index is -4.19. The molecule has 1 fully saturated rings. The molecule has 0 spiro atoms. The molecule has 0 aliphatic heterocycles. The van der Waals surface area contributed by atoms with Crippen LogP contribution in [0.2, 0.25) is 0 Å². The van der Waals surface area contributed by atoms with Crippen molar-refractivity contribution in [3.63, 3.8) is 0 Å². The molecule has 0 saturated heterocycles. The van der Waals surface area contributed by atoms with Crippen LogP contribution in [-0.2, 0) is 151 Å². The molecular formula is C92H194ClLiN8NaO35P8S3+. The second-order valence-corrected chi connectivity index (χ2v) is 62.1. The van der Waals surface area contributed by atoms with E-state index < -0.39 is 164 Å². The molecule has 149 heavy (non-hydrogen) atoms. The van der Waals surface area contributed by atoms with Gasteiger partial charge in [-0.05, 0) is 220 Å². The van der Waals surface area contributed by atoms with E-state index in [2.05, 4.69) is 65.5 Å². The van der Waals surface area contributed by atoms with Crippen molar-refractivity contribution in [3.8, 4) is 5.75 Å². The fourth-order valence-corrected chi connectivity index (χ4v) is 19.0. The standard InChI is InChI=1S/C15H24NO5P.2C12H18NO5P.C10H24NO4PS.C7H15NOS.C7H17O3P.C6H16NO3P.C5H10.C4H11NOS.C4H11NO.C4H9.C3H9O3P.C2H6O3P.CH4O.ClH.Li.Na.H/c1-5-19-14(17)12(2)20-22(18,11-15(3,4)16)21-13-9-7-6-8-10-13;2*1-12(2,9-19(15,16)17)13-11(14)18-8-10-6-4-3-5-7-10;1-9(2,3)17(13)11-10(4,5)8-16(12,14-6)15-7;1-6(2)8-10(9)7(3,4)5;1-7(2,3)6-11(8,9-4)10-5;1-6(2,7)5-11(8,9-3)10-4;1-5(2)3-4-5;1-4(2,3)7(5)6;1-4(2,5)3-6;1-3-4-2;1-5-7(3,4)6-2;1-4-6(3)5-2;1-2;;;;/h6-10,12H,5,11,16H2,1-4H3;2*3-7H,8-9H2,1-2H3,(H,13,14)(H2,15,16,17);11H,8H2,1-7H3;1-5H3;6H2,1-5H3;5,7H2,1-4H3;3-4H2,1-2H3;5H2,1-3H3;6H,3,5H2,1-2H3;1,3-4H2,2H3;1-3H3;1-2H3;2H,1H3;1H;;;/q;;;;;;;;;;-1;;+1;;;2*+1;-1. The Hall–Kier alpha value is -1.69. The van der Waals surface area contributed by atoms with Gasteiger partial charge in [0.25, 0.3) is 0 Å². The number of alkyl carbamates (subject to hydrolysis) is 2. The summed E-state index contributed by atoms with van der Waals surface area (Å²) in [6, 6.07) is 26.9. The molecule has 0 heterocycles. The van der Waals surface area contributed by atoms with Crippen LogP contribution in [0.4, 0.5) is 9.59 Å². The largest absolute Gasteiger partial charge is 1.00 e. The number of aliphatic hydroxyl groups is 2. The Labute approximate surface area is 944 Å². The van der Waals surface area contributed by atoms with Gasteiger partial charge in [-0.3, -0.25) is 37.1 Å². The minimum Gasteiger partial charge on any atom is -1.00 e. The summed E-state index contributed by atoms with van der Waals surface area (Å²) in [6.45, 7) is 62.2. The first-order valence-corrected chi connectivity index (χ1v) is 62.7. The summed E-state index contributed by atoms with van der Waals surface area (Å²) in [5.74, 6) is -0.194. The Balaban J connectivity index is -0.000000114. The molecule has 5 atom stereocenters. The Kier molecular flexibility index (Phi) is 100. The Morgan fingerprint density at radius 1 is 0.503 bits per heavy atom. The molecule has 43 nitrogen and oxygen atoms in total. The number of amides is 2. The summed E-state index contributed by atoms with van der Waals surface area (Å²) >= 11 is 0. The number of hydrogen-bond donors (Lipinski definition) is 13. The van der Waals surface area contributed by atoms with Gasteiger partial charge in [-0.25, -0.2) is 36.3 Å². The van der Waals surface area contributed by atoms with E-state index in [1.165, 1.54) is 132 Å². The molecule has 2 amide bonds. The third-order valence-corrected chi connectivity index (χ3v) is 34.2. The number of para-hydroxylation sites is 1. The molecule has 0 aromatic heterocycles. The van der Waals surface area contributed by atoms with Gasteiger partial charge in [0.1, 0.15) is 29.9 Å². The number of ether oxygens (including phenoxy) is 3. The number of benzene rings is 3. The fraction of sp³-hybridized carbons (Fsp3) is 0.750. The molecule has 17 N–H and O–H groups in total. The van der Waals surface area contributed by atoms with Gasteiger partial charge in [-0.2, -0.15) is 10.8 Å². The van der Waals surface area contributed by atoms with Crippen LogP contribution in [0.15, 0.2) is 95.4 Å². The third kappa shape index (κ3) is 120. The molecule has 4 rings (SSSR count). The Bertz CT molecular complexity index is 4320. The number of carbonyl (C=O) groups excluding carboxylic acids is 3. The number of carbonyl (C=O) groups is 3. The molecule has 0 bridgehead atoms. The molecule has 0 radical (unpaired) electrons. The van der Waals surface area contributed by atoms with Crippen molar-refractivity contribution in [3.05, 3.63) is 109 Å². The van der Waals surface area contributed by atoms with E-state index in [1.807, 2.05) is 178 Å². The van der Waals surface area contributed by atoms with Gasteiger partial charge in [0, 0.05) is 114 Å². The monoisotopic (exact) mass is 2380 g/mol. The minimum absolute atomic E-state index is 0. The van der Waals surface area contributed by atoms with Gasteiger partial charge in [0.05, 0.1) is 101 Å². The second kappa shape index (κ2) is 85.3. The van der Waals surface area contributed by atoms with Crippen molar-refractivity contribution < 1.29 is 212 Å². The van der Waals surface area contributed by atoms with E-state index in [4.69, 9.17) is 103 Å². The first kappa shape index (κ1) is 175. The molecule has 5 unspecified atom stereocenters. The second-order valence-electron chi connectivity index (χ2n) is 41.0. The smallest absolute Gasteiger partial charge is 1.00 e. The number of rotatable bonds is 38. The zero-order valence-corrected chi connectivity index (χ0v) is 110. The molecule has 1 aliphatic rings. The van der Waals surface area contributed by atoms with E-state index in [0.29, 0.717) is 11.9 Å². The van der Waals surface area contributed by atoms with E-state index in [-0.39, 0.29) is 127 Å². The molecule has 57 heteroatoms. The van der Waals surface area contributed by atoms with E-state index in [1.54, 1.807) is 72.7 Å². The van der Waals surface area contributed by atoms with Crippen LogP contribution in [0.3, 0.4) is 0 Å². The van der Waals surface area contributed by atoms with Crippen LogP contribution in [0.1, 0.15) is 253 Å². The summed E-state index contributed by atoms with van der Waals surface area (Å²) in [4.78, 5) is 70.3. The summed E-state index contributed by atoms with van der Waals surface area (Å²) in [5, 5.41) is 25.2. The molecular weight excluding hydrogens is 2190 g/mol. The van der Waals surface area contributed by atoms with Crippen LogP contribution in [-0.4, -0.2) is 255 Å². The fourth-order valence-electron chi connectivity index (χ4n) is 8.27. The van der Waals surface area contributed by atoms with E-state index in [0.717, 1.165) is 35.8 Å². The SMILES string of the molecule is CC(C)(C)S(N)=O.CC(C)(CP(=O)(O)O)NC(=O)OCc1ccccc1.CC(C)(CP(=O)(O)O)NC(=O)OCc1ccccc1.CC(C)(N)CO.CC(C)=NS(=O)C(C)(C)C.CC1(C)CC1.CCOC(=O)C(C)OP(=O)(CC(C)(C)N)Oc1ccccc1.CO.COP(=O)(CC(C)(C)C)OC.COP(=O)(CC(C)(C)N)OC.COP(=O)(CC(C)(C)NS(=O)C(C)(C)C)OC.COP(C)(=O)OC.CO[P+](=O)OC.Cl.[CH2-]CCC.[H-].[Li+].[Na+]. The molecule has 1 aliphatic carbocycles. The predicted molar refractivity (Wildman–Crippen MR) is 602 cm³/mol. The maximum Gasteiger partial charge on any atom is 1.00 e. The van der Waals surface area contributed by atoms with Gasteiger partial charge in [-0.1, -0.05) is 127 Å². The number of halogens is 1. The molecule has 878 valence electrons. The zero-order chi connectivity index (χ0) is 118. The number of nitrogens with one attached hydrogen (secondary N) is 3. The average Bonchev–Trinajstić information content (AvgIpc) is 0.851. The van der Waals surface area contributed by atoms with Crippen LogP contribution >= 0.6 is 73.8 Å². The normalized spacial score (nSPS) is 13.6.